The minimum Gasteiger partial charge on any atom is -0.346 e. The molecule has 1 atom stereocenters. The zero-order valence-electron chi connectivity index (χ0n) is 10.6. The molecule has 0 aliphatic heterocycles. The molecule has 1 rings (SSSR count). The van der Waals surface area contributed by atoms with Gasteiger partial charge in [0.15, 0.2) is 0 Å². The highest BCUT2D eigenvalue weighted by Gasteiger charge is 2.27. The van der Waals surface area contributed by atoms with Crippen LogP contribution in [0, 0.1) is 0 Å². The number of carbonyl (C=O) groups excluding carboxylic acids is 1. The molecule has 106 valence electrons. The van der Waals surface area contributed by atoms with E-state index >= 15 is 0 Å². The van der Waals surface area contributed by atoms with Gasteiger partial charge in [-0.2, -0.15) is 13.2 Å². The highest BCUT2D eigenvalue weighted by molar-refractivity contribution is 5.78. The smallest absolute Gasteiger partial charge is 0.346 e. The molecule has 1 unspecified atom stereocenters. The van der Waals surface area contributed by atoms with Crippen LogP contribution in [0.4, 0.5) is 13.2 Å². The molecule has 3 nitrogen and oxygen atoms in total. The van der Waals surface area contributed by atoms with Crippen molar-refractivity contribution in [2.75, 3.05) is 13.1 Å². The summed E-state index contributed by atoms with van der Waals surface area (Å²) in [4.78, 5) is 11.2. The van der Waals surface area contributed by atoms with E-state index in [-0.39, 0.29) is 12.6 Å². The lowest BCUT2D eigenvalue weighted by molar-refractivity contribution is -0.137. The quantitative estimate of drug-likeness (QED) is 0.831. The summed E-state index contributed by atoms with van der Waals surface area (Å²) < 4.78 is 35.6. The fourth-order valence-electron chi connectivity index (χ4n) is 1.57. The Balaban J connectivity index is 2.23. The zero-order chi connectivity index (χ0) is 14.3. The molecule has 19 heavy (non-hydrogen) atoms. The number of hydrogen-bond donors (Lipinski definition) is 2. The molecule has 0 aliphatic carbocycles. The van der Waals surface area contributed by atoms with Crippen LogP contribution in [-0.4, -0.2) is 31.2 Å². The number of alkyl halides is 3. The van der Waals surface area contributed by atoms with Gasteiger partial charge in [-0.25, -0.2) is 0 Å². The maximum atomic E-state index is 11.9. The van der Waals surface area contributed by atoms with Gasteiger partial charge in [-0.3, -0.25) is 4.79 Å². The number of rotatable bonds is 6. The second-order valence-corrected chi connectivity index (χ2v) is 4.36. The lowest BCUT2D eigenvalue weighted by atomic mass is 10.1. The Kier molecular flexibility index (Phi) is 5.82. The third-order valence-electron chi connectivity index (χ3n) is 2.48. The molecule has 2 N–H and O–H groups in total. The van der Waals surface area contributed by atoms with Crippen LogP contribution in [0.25, 0.3) is 0 Å². The summed E-state index contributed by atoms with van der Waals surface area (Å²) in [6.07, 6.45) is -3.65. The molecule has 1 aromatic carbocycles. The fraction of sp³-hybridized carbons (Fsp3) is 0.462. The topological polar surface area (TPSA) is 41.1 Å². The molecular weight excluding hydrogens is 257 g/mol. The third kappa shape index (κ3) is 7.46. The molecule has 6 heteroatoms. The van der Waals surface area contributed by atoms with Gasteiger partial charge in [-0.15, -0.1) is 0 Å². The normalized spacial score (nSPS) is 13.1. The maximum absolute atomic E-state index is 11.9. The van der Waals surface area contributed by atoms with Crippen LogP contribution >= 0.6 is 0 Å². The zero-order valence-corrected chi connectivity index (χ0v) is 10.6. The molecule has 0 saturated carbocycles. The van der Waals surface area contributed by atoms with E-state index in [2.05, 4.69) is 5.32 Å². The van der Waals surface area contributed by atoms with Crippen LogP contribution in [0.3, 0.4) is 0 Å². The van der Waals surface area contributed by atoms with Crippen LogP contribution in [0.5, 0.6) is 0 Å². The van der Waals surface area contributed by atoms with Crippen molar-refractivity contribution >= 4 is 5.91 Å². The third-order valence-corrected chi connectivity index (χ3v) is 2.48. The number of nitrogens with one attached hydrogen (secondary N) is 2. The highest BCUT2D eigenvalue weighted by atomic mass is 19.4. The van der Waals surface area contributed by atoms with Gasteiger partial charge in [0, 0.05) is 6.04 Å². The predicted molar refractivity (Wildman–Crippen MR) is 66.7 cm³/mol. The fourth-order valence-corrected chi connectivity index (χ4v) is 1.57. The Morgan fingerprint density at radius 2 is 1.89 bits per heavy atom. The van der Waals surface area contributed by atoms with E-state index in [1.165, 1.54) is 0 Å². The summed E-state index contributed by atoms with van der Waals surface area (Å²) in [6, 6.07) is 9.67. The van der Waals surface area contributed by atoms with E-state index in [1.807, 2.05) is 42.6 Å². The Bertz CT molecular complexity index is 393. The number of halogens is 3. The van der Waals surface area contributed by atoms with E-state index in [9.17, 15) is 18.0 Å². The number of carbonyl (C=O) groups is 1. The van der Waals surface area contributed by atoms with Crippen molar-refractivity contribution in [1.29, 1.82) is 0 Å². The van der Waals surface area contributed by atoms with Gasteiger partial charge in [0.25, 0.3) is 0 Å². The van der Waals surface area contributed by atoms with Gasteiger partial charge in [0.2, 0.25) is 5.91 Å². The lowest BCUT2D eigenvalue weighted by Gasteiger charge is -2.14. The highest BCUT2D eigenvalue weighted by Crippen LogP contribution is 2.11. The summed E-state index contributed by atoms with van der Waals surface area (Å²) in [5.74, 6) is -0.655. The number of hydrogen-bond acceptors (Lipinski definition) is 2. The van der Waals surface area contributed by atoms with E-state index in [1.54, 1.807) is 0 Å². The molecule has 0 saturated heterocycles. The maximum Gasteiger partial charge on any atom is 0.405 e. The van der Waals surface area contributed by atoms with Crippen molar-refractivity contribution < 1.29 is 18.0 Å². The van der Waals surface area contributed by atoms with Crippen molar-refractivity contribution in [3.05, 3.63) is 35.9 Å². The summed E-state index contributed by atoms with van der Waals surface area (Å²) in [7, 11) is 0. The largest absolute Gasteiger partial charge is 0.405 e. The molecular formula is C13H17F3N2O. The second-order valence-electron chi connectivity index (χ2n) is 4.36. The molecule has 0 spiro atoms. The first-order valence-electron chi connectivity index (χ1n) is 5.97. The molecule has 0 fully saturated rings. The summed E-state index contributed by atoms with van der Waals surface area (Å²) in [6.45, 7) is 0.467. The molecule has 1 aromatic rings. The Morgan fingerprint density at radius 3 is 2.47 bits per heavy atom. The Labute approximate surface area is 110 Å². The van der Waals surface area contributed by atoms with Gasteiger partial charge in [0.05, 0.1) is 6.54 Å². The van der Waals surface area contributed by atoms with Gasteiger partial charge >= 0.3 is 6.18 Å². The van der Waals surface area contributed by atoms with Crippen molar-refractivity contribution in [2.24, 2.45) is 0 Å². The van der Waals surface area contributed by atoms with Crippen LogP contribution in [0.15, 0.2) is 30.3 Å². The van der Waals surface area contributed by atoms with Crippen molar-refractivity contribution in [1.82, 2.24) is 10.6 Å². The SMILES string of the molecule is CC(Cc1ccccc1)NCC(=O)NCC(F)(F)F. The number of benzene rings is 1. The summed E-state index contributed by atoms with van der Waals surface area (Å²) >= 11 is 0. The van der Waals surface area contributed by atoms with Crippen molar-refractivity contribution in [3.8, 4) is 0 Å². The molecule has 0 bridgehead atoms. The van der Waals surface area contributed by atoms with E-state index in [0.29, 0.717) is 6.42 Å². The second kappa shape index (κ2) is 7.13. The first kappa shape index (κ1) is 15.5. The number of amides is 1. The van der Waals surface area contributed by atoms with Crippen LogP contribution < -0.4 is 10.6 Å². The first-order valence-corrected chi connectivity index (χ1v) is 5.97. The lowest BCUT2D eigenvalue weighted by Crippen LogP contribution is -2.42. The Hall–Kier alpha value is -1.56. The first-order chi connectivity index (χ1) is 8.87. The van der Waals surface area contributed by atoms with Gasteiger partial charge in [0.1, 0.15) is 6.54 Å². The van der Waals surface area contributed by atoms with Gasteiger partial charge in [-0.1, -0.05) is 30.3 Å². The van der Waals surface area contributed by atoms with E-state index < -0.39 is 18.6 Å². The molecule has 0 radical (unpaired) electrons. The molecule has 1 amide bonds. The van der Waals surface area contributed by atoms with Gasteiger partial charge < -0.3 is 10.6 Å². The predicted octanol–water partition coefficient (Wildman–Crippen LogP) is 1.89. The van der Waals surface area contributed by atoms with E-state index in [0.717, 1.165) is 5.56 Å². The average Bonchev–Trinajstić information content (AvgIpc) is 2.34. The summed E-state index contributed by atoms with van der Waals surface area (Å²) in [5.41, 5.74) is 1.11. The molecule has 0 aliphatic rings. The van der Waals surface area contributed by atoms with Crippen LogP contribution in [0.2, 0.25) is 0 Å². The van der Waals surface area contributed by atoms with Gasteiger partial charge in [-0.05, 0) is 18.9 Å². The molecule has 0 heterocycles. The van der Waals surface area contributed by atoms with Crippen molar-refractivity contribution in [3.63, 3.8) is 0 Å². The van der Waals surface area contributed by atoms with Crippen LogP contribution in [0.1, 0.15) is 12.5 Å². The summed E-state index contributed by atoms with van der Waals surface area (Å²) in [5, 5.41) is 4.70. The Morgan fingerprint density at radius 1 is 1.26 bits per heavy atom. The minimum atomic E-state index is -4.37. The standard InChI is InChI=1S/C13H17F3N2O/c1-10(7-11-5-3-2-4-6-11)17-8-12(19)18-9-13(14,15)16/h2-6,10,17H,7-9H2,1H3,(H,18,19). The monoisotopic (exact) mass is 274 g/mol. The molecule has 0 aromatic heterocycles. The average molecular weight is 274 g/mol. The van der Waals surface area contributed by atoms with E-state index in [4.69, 9.17) is 0 Å². The van der Waals surface area contributed by atoms with Crippen molar-refractivity contribution in [2.45, 2.75) is 25.6 Å². The minimum absolute atomic E-state index is 0.0130. The van der Waals surface area contributed by atoms with Crippen LogP contribution in [-0.2, 0) is 11.2 Å².